The van der Waals surface area contributed by atoms with Crippen molar-refractivity contribution >= 4 is 12.0 Å². The summed E-state index contributed by atoms with van der Waals surface area (Å²) in [6, 6.07) is 21.3. The molecule has 3 N–H and O–H groups in total. The van der Waals surface area contributed by atoms with E-state index in [2.05, 4.69) is 9.88 Å². The third kappa shape index (κ3) is 4.83. The second-order valence-corrected chi connectivity index (χ2v) is 8.39. The monoisotopic (exact) mass is 462 g/mol. The van der Waals surface area contributed by atoms with Gasteiger partial charge in [-0.15, -0.1) is 0 Å². The van der Waals surface area contributed by atoms with Gasteiger partial charge < -0.3 is 29.9 Å². The summed E-state index contributed by atoms with van der Waals surface area (Å²) in [6.07, 6.45) is -0.990. The number of nitrogens with one attached hydrogen (secondary N) is 1. The summed E-state index contributed by atoms with van der Waals surface area (Å²) in [5, 5.41) is 21.8. The predicted molar refractivity (Wildman–Crippen MR) is 130 cm³/mol. The average molecular weight is 463 g/mol. The Hall–Kier alpha value is -3.62. The molecule has 1 atom stereocenters. The summed E-state index contributed by atoms with van der Waals surface area (Å²) in [5.41, 5.74) is 4.24. The fraction of sp³-hybridized carbons (Fsp3) is 0.308. The van der Waals surface area contributed by atoms with E-state index >= 15 is 0 Å². The maximum Gasteiger partial charge on any atom is 0.407 e. The molecule has 178 valence electrons. The smallest absolute Gasteiger partial charge is 0.407 e. The SMILES string of the molecule is Cc1cc(C(=O)N2CCN(C(=O)O)C[C@H]2CNCCO)c(-c2ccccc2)n1-c1ccccc1. The zero-order valence-corrected chi connectivity index (χ0v) is 19.2. The molecule has 0 radical (unpaired) electrons. The second-order valence-electron chi connectivity index (χ2n) is 8.39. The number of amides is 2. The quantitative estimate of drug-likeness (QED) is 0.469. The van der Waals surface area contributed by atoms with E-state index in [0.29, 0.717) is 25.2 Å². The Morgan fingerprint density at radius 2 is 1.71 bits per heavy atom. The predicted octanol–water partition coefficient (Wildman–Crippen LogP) is 2.84. The highest BCUT2D eigenvalue weighted by atomic mass is 16.4. The van der Waals surface area contributed by atoms with Crippen LogP contribution in [0.2, 0.25) is 0 Å². The maximum absolute atomic E-state index is 14.0. The summed E-state index contributed by atoms with van der Waals surface area (Å²) in [4.78, 5) is 28.7. The van der Waals surface area contributed by atoms with Gasteiger partial charge in [0, 0.05) is 44.1 Å². The number of nitrogens with zero attached hydrogens (tertiary/aromatic N) is 3. The van der Waals surface area contributed by atoms with Crippen molar-refractivity contribution in [2.24, 2.45) is 0 Å². The van der Waals surface area contributed by atoms with Crippen LogP contribution >= 0.6 is 0 Å². The van der Waals surface area contributed by atoms with Crippen LogP contribution in [0.4, 0.5) is 4.79 Å². The minimum Gasteiger partial charge on any atom is -0.465 e. The van der Waals surface area contributed by atoms with Crippen molar-refractivity contribution in [3.63, 3.8) is 0 Å². The molecule has 1 saturated heterocycles. The van der Waals surface area contributed by atoms with Gasteiger partial charge >= 0.3 is 6.09 Å². The molecule has 1 aliphatic rings. The molecule has 3 aromatic rings. The van der Waals surface area contributed by atoms with Crippen LogP contribution in [0.15, 0.2) is 66.7 Å². The lowest BCUT2D eigenvalue weighted by Gasteiger charge is -2.40. The summed E-state index contributed by atoms with van der Waals surface area (Å²) >= 11 is 0. The average Bonchev–Trinajstić information content (AvgIpc) is 3.21. The van der Waals surface area contributed by atoms with Crippen LogP contribution in [0.1, 0.15) is 16.1 Å². The number of carboxylic acid groups (broad SMARTS) is 1. The van der Waals surface area contributed by atoms with Gasteiger partial charge in [0.15, 0.2) is 0 Å². The molecule has 1 fully saturated rings. The number of rotatable bonds is 7. The van der Waals surface area contributed by atoms with Gasteiger partial charge in [0.1, 0.15) is 0 Å². The number of aromatic nitrogens is 1. The van der Waals surface area contributed by atoms with E-state index in [-0.39, 0.29) is 31.6 Å². The maximum atomic E-state index is 14.0. The number of aryl methyl sites for hydroxylation is 1. The number of piperazine rings is 1. The van der Waals surface area contributed by atoms with E-state index < -0.39 is 6.09 Å². The number of carbonyl (C=O) groups excluding carboxylic acids is 1. The third-order valence-electron chi connectivity index (χ3n) is 6.16. The van der Waals surface area contributed by atoms with Gasteiger partial charge in [-0.05, 0) is 30.7 Å². The molecule has 4 rings (SSSR count). The molecule has 2 amide bonds. The van der Waals surface area contributed by atoms with E-state index in [9.17, 15) is 14.7 Å². The van der Waals surface area contributed by atoms with E-state index in [0.717, 1.165) is 22.6 Å². The molecule has 34 heavy (non-hydrogen) atoms. The lowest BCUT2D eigenvalue weighted by Crippen LogP contribution is -2.59. The number of carbonyl (C=O) groups is 2. The van der Waals surface area contributed by atoms with Crippen LogP contribution in [-0.2, 0) is 0 Å². The van der Waals surface area contributed by atoms with Crippen molar-refractivity contribution in [3.05, 3.63) is 78.0 Å². The van der Waals surface area contributed by atoms with Crippen molar-refractivity contribution in [2.75, 3.05) is 39.3 Å². The van der Waals surface area contributed by atoms with Crippen molar-refractivity contribution in [1.29, 1.82) is 0 Å². The fourth-order valence-electron chi connectivity index (χ4n) is 4.57. The first-order valence-electron chi connectivity index (χ1n) is 11.4. The standard InChI is InChI=1S/C26H30N4O4/c1-19-16-23(24(20-8-4-2-5-9-20)30(19)21-10-6-3-7-11-21)25(32)29-14-13-28(26(33)34)18-22(29)17-27-12-15-31/h2-11,16,22,27,31H,12-15,17-18H2,1H3,(H,33,34)/t22-/m1/s1. The molecule has 8 heteroatoms. The molecular weight excluding hydrogens is 432 g/mol. The minimum atomic E-state index is -0.990. The summed E-state index contributed by atoms with van der Waals surface area (Å²) < 4.78 is 2.09. The molecule has 8 nitrogen and oxygen atoms in total. The summed E-state index contributed by atoms with van der Waals surface area (Å²) in [6.45, 7) is 3.52. The van der Waals surface area contributed by atoms with Gasteiger partial charge in [-0.25, -0.2) is 4.79 Å². The highest BCUT2D eigenvalue weighted by molar-refractivity contribution is 6.01. The molecule has 0 unspecified atom stereocenters. The number of hydrogen-bond donors (Lipinski definition) is 3. The Bertz CT molecular complexity index is 1130. The normalized spacial score (nSPS) is 16.0. The van der Waals surface area contributed by atoms with Gasteiger partial charge in [-0.2, -0.15) is 0 Å². The summed E-state index contributed by atoms with van der Waals surface area (Å²) in [5.74, 6) is -0.127. The van der Waals surface area contributed by atoms with Crippen molar-refractivity contribution < 1.29 is 19.8 Å². The van der Waals surface area contributed by atoms with Gasteiger partial charge in [0.25, 0.3) is 5.91 Å². The fourth-order valence-corrected chi connectivity index (χ4v) is 4.57. The van der Waals surface area contributed by atoms with Crippen LogP contribution in [0, 0.1) is 6.92 Å². The molecule has 2 heterocycles. The summed E-state index contributed by atoms with van der Waals surface area (Å²) in [7, 11) is 0. The topological polar surface area (TPSA) is 98.0 Å². The van der Waals surface area contributed by atoms with Crippen molar-refractivity contribution in [1.82, 2.24) is 19.7 Å². The second kappa shape index (κ2) is 10.5. The van der Waals surface area contributed by atoms with Crippen molar-refractivity contribution in [3.8, 4) is 16.9 Å². The van der Waals surface area contributed by atoms with Gasteiger partial charge in [-0.1, -0.05) is 48.5 Å². The largest absolute Gasteiger partial charge is 0.465 e. The highest BCUT2D eigenvalue weighted by Gasteiger charge is 2.34. The van der Waals surface area contributed by atoms with Crippen LogP contribution in [0.3, 0.4) is 0 Å². The molecule has 1 aliphatic heterocycles. The molecule has 1 aromatic heterocycles. The van der Waals surface area contributed by atoms with Crippen molar-refractivity contribution in [2.45, 2.75) is 13.0 Å². The Morgan fingerprint density at radius 3 is 2.35 bits per heavy atom. The van der Waals surface area contributed by atoms with Crippen LogP contribution in [0.25, 0.3) is 16.9 Å². The molecule has 0 bridgehead atoms. The first-order chi connectivity index (χ1) is 16.5. The Morgan fingerprint density at radius 1 is 1.03 bits per heavy atom. The molecule has 0 saturated carbocycles. The van der Waals surface area contributed by atoms with Gasteiger partial charge in [0.2, 0.25) is 0 Å². The number of hydrogen-bond acceptors (Lipinski definition) is 4. The lowest BCUT2D eigenvalue weighted by atomic mass is 10.0. The first-order valence-corrected chi connectivity index (χ1v) is 11.4. The zero-order valence-electron chi connectivity index (χ0n) is 19.2. The van der Waals surface area contributed by atoms with Crippen LogP contribution in [0.5, 0.6) is 0 Å². The van der Waals surface area contributed by atoms with E-state index in [1.807, 2.05) is 73.7 Å². The van der Waals surface area contributed by atoms with Gasteiger partial charge in [0.05, 0.1) is 23.9 Å². The zero-order chi connectivity index (χ0) is 24.1. The van der Waals surface area contributed by atoms with E-state index in [1.54, 1.807) is 4.90 Å². The number of para-hydroxylation sites is 1. The highest BCUT2D eigenvalue weighted by Crippen LogP contribution is 2.32. The van der Waals surface area contributed by atoms with E-state index in [1.165, 1.54) is 4.90 Å². The minimum absolute atomic E-state index is 0.0272. The van der Waals surface area contributed by atoms with Crippen LogP contribution < -0.4 is 5.32 Å². The number of aliphatic hydroxyl groups is 1. The molecule has 0 spiro atoms. The van der Waals surface area contributed by atoms with E-state index in [4.69, 9.17) is 5.11 Å². The van der Waals surface area contributed by atoms with Gasteiger partial charge in [-0.3, -0.25) is 4.79 Å². The number of benzene rings is 2. The Labute approximate surface area is 199 Å². The first kappa shape index (κ1) is 23.5. The Kier molecular flexibility index (Phi) is 7.30. The lowest BCUT2D eigenvalue weighted by molar-refractivity contribution is 0.0449. The molecular formula is C26H30N4O4. The third-order valence-corrected chi connectivity index (χ3v) is 6.16. The number of aliphatic hydroxyl groups excluding tert-OH is 1. The molecule has 2 aromatic carbocycles. The Balaban J connectivity index is 1.75. The van der Waals surface area contributed by atoms with Crippen LogP contribution in [-0.4, -0.2) is 82.0 Å². The molecule has 0 aliphatic carbocycles.